The quantitative estimate of drug-likeness (QED) is 0.676. The van der Waals surface area contributed by atoms with Crippen molar-refractivity contribution in [3.63, 3.8) is 0 Å². The van der Waals surface area contributed by atoms with E-state index in [4.69, 9.17) is 10.5 Å². The fraction of sp³-hybridized carbons (Fsp3) is 0.727. The number of hydrogen-bond donors (Lipinski definition) is 1. The number of carbonyl (C=O) groups is 1. The van der Waals surface area contributed by atoms with Crippen LogP contribution in [-0.4, -0.2) is 12.7 Å². The van der Waals surface area contributed by atoms with E-state index >= 15 is 0 Å². The van der Waals surface area contributed by atoms with Crippen LogP contribution in [0.5, 0.6) is 0 Å². The zero-order valence-electron chi connectivity index (χ0n) is 8.16. The Hall–Kier alpha value is -1.17. The molecule has 0 aromatic heterocycles. The number of ether oxygens (including phenoxy) is 1. The molecule has 1 fully saturated rings. The van der Waals surface area contributed by atoms with E-state index in [1.807, 2.05) is 0 Å². The van der Waals surface area contributed by atoms with Gasteiger partial charge in [0.1, 0.15) is 0 Å². The molecule has 3 nitrogen and oxygen atoms in total. The van der Waals surface area contributed by atoms with Gasteiger partial charge in [-0.15, -0.1) is 11.8 Å². The van der Waals surface area contributed by atoms with Gasteiger partial charge in [-0.2, -0.15) is 0 Å². The lowest BCUT2D eigenvalue weighted by Gasteiger charge is -1.98. The summed E-state index contributed by atoms with van der Waals surface area (Å²) in [5.41, 5.74) is 4.93. The highest BCUT2D eigenvalue weighted by Crippen LogP contribution is 2.52. The Bertz CT molecular complexity index is 271. The molecule has 2 N–H and O–H groups in total. The van der Waals surface area contributed by atoms with E-state index in [0.29, 0.717) is 12.5 Å². The van der Waals surface area contributed by atoms with Gasteiger partial charge in [-0.05, 0) is 30.6 Å². The molecule has 2 aliphatic carbocycles. The van der Waals surface area contributed by atoms with Crippen LogP contribution in [-0.2, 0) is 4.74 Å². The third kappa shape index (κ3) is 2.01. The van der Waals surface area contributed by atoms with Crippen molar-refractivity contribution in [1.29, 1.82) is 0 Å². The lowest BCUT2D eigenvalue weighted by atomic mass is 10.1. The lowest BCUT2D eigenvalue weighted by molar-refractivity contribution is 0.147. The van der Waals surface area contributed by atoms with E-state index in [2.05, 4.69) is 11.8 Å². The normalized spacial score (nSPS) is 34.1. The molecule has 1 unspecified atom stereocenters. The van der Waals surface area contributed by atoms with Gasteiger partial charge in [0.15, 0.2) is 0 Å². The van der Waals surface area contributed by atoms with E-state index in [9.17, 15) is 4.79 Å². The molecule has 0 aliphatic heterocycles. The second-order valence-corrected chi connectivity index (χ2v) is 4.05. The van der Waals surface area contributed by atoms with E-state index in [1.165, 1.54) is 0 Å². The number of rotatable bonds is 2. The summed E-state index contributed by atoms with van der Waals surface area (Å²) in [6, 6.07) is 0. The standard InChI is InChI=1S/C11H15NO2/c12-11(13)14-7-10-8-5-3-1-2-4-6-9(8)10/h8-10H,3-7H2,(H2,12,13)/t8-,9?,10-/m0/s1. The number of primary amides is 1. The summed E-state index contributed by atoms with van der Waals surface area (Å²) in [5, 5.41) is 0. The molecular formula is C11H15NO2. The first-order valence-corrected chi connectivity index (χ1v) is 5.17. The van der Waals surface area contributed by atoms with Gasteiger partial charge in [-0.1, -0.05) is 0 Å². The molecule has 3 atom stereocenters. The van der Waals surface area contributed by atoms with Gasteiger partial charge >= 0.3 is 6.09 Å². The van der Waals surface area contributed by atoms with E-state index < -0.39 is 6.09 Å². The first-order valence-electron chi connectivity index (χ1n) is 5.17. The van der Waals surface area contributed by atoms with Gasteiger partial charge in [0, 0.05) is 12.8 Å². The van der Waals surface area contributed by atoms with Crippen molar-refractivity contribution in [2.24, 2.45) is 23.5 Å². The molecule has 0 aromatic rings. The molecule has 0 saturated heterocycles. The highest BCUT2D eigenvalue weighted by Gasteiger charge is 2.49. The number of nitrogens with two attached hydrogens (primary N) is 1. The van der Waals surface area contributed by atoms with Gasteiger partial charge in [0.2, 0.25) is 0 Å². The molecular weight excluding hydrogens is 178 g/mol. The highest BCUT2D eigenvalue weighted by atomic mass is 16.5. The number of carbonyl (C=O) groups excluding carboxylic acids is 1. The molecule has 1 amide bonds. The molecule has 1 saturated carbocycles. The van der Waals surface area contributed by atoms with E-state index in [-0.39, 0.29) is 0 Å². The van der Waals surface area contributed by atoms with Crippen LogP contribution in [0.15, 0.2) is 0 Å². The third-order valence-electron chi connectivity index (χ3n) is 3.26. The van der Waals surface area contributed by atoms with Crippen LogP contribution >= 0.6 is 0 Å². The van der Waals surface area contributed by atoms with Gasteiger partial charge in [0.25, 0.3) is 0 Å². The Kier molecular flexibility index (Phi) is 2.62. The average Bonchev–Trinajstić information content (AvgIpc) is 2.72. The summed E-state index contributed by atoms with van der Waals surface area (Å²) in [6.07, 6.45) is 3.65. The first-order chi connectivity index (χ1) is 6.79. The molecule has 0 aromatic carbocycles. The van der Waals surface area contributed by atoms with Crippen molar-refractivity contribution >= 4 is 6.09 Å². The van der Waals surface area contributed by atoms with Gasteiger partial charge in [0.05, 0.1) is 6.61 Å². The Morgan fingerprint density at radius 1 is 1.29 bits per heavy atom. The largest absolute Gasteiger partial charge is 0.449 e. The molecule has 76 valence electrons. The van der Waals surface area contributed by atoms with Crippen molar-refractivity contribution in [3.8, 4) is 11.8 Å². The molecule has 0 heterocycles. The summed E-state index contributed by atoms with van der Waals surface area (Å²) >= 11 is 0. The number of amides is 1. The molecule has 3 heteroatoms. The smallest absolute Gasteiger partial charge is 0.404 e. The van der Waals surface area contributed by atoms with Crippen molar-refractivity contribution in [1.82, 2.24) is 0 Å². The topological polar surface area (TPSA) is 52.3 Å². The second kappa shape index (κ2) is 3.91. The monoisotopic (exact) mass is 193 g/mol. The predicted octanol–water partition coefficient (Wildman–Crippen LogP) is 1.52. The summed E-state index contributed by atoms with van der Waals surface area (Å²) < 4.78 is 4.84. The zero-order valence-corrected chi connectivity index (χ0v) is 8.16. The predicted molar refractivity (Wildman–Crippen MR) is 52.2 cm³/mol. The fourth-order valence-electron chi connectivity index (χ4n) is 2.46. The van der Waals surface area contributed by atoms with Crippen molar-refractivity contribution in [2.45, 2.75) is 25.7 Å². The minimum absolute atomic E-state index is 0.505. The van der Waals surface area contributed by atoms with E-state index in [0.717, 1.165) is 37.5 Å². The Labute approximate surface area is 84.0 Å². The maximum Gasteiger partial charge on any atom is 0.404 e. The minimum Gasteiger partial charge on any atom is -0.449 e. The third-order valence-corrected chi connectivity index (χ3v) is 3.26. The molecule has 2 aliphatic rings. The lowest BCUT2D eigenvalue weighted by Crippen LogP contribution is -2.15. The zero-order chi connectivity index (χ0) is 9.97. The van der Waals surface area contributed by atoms with Crippen molar-refractivity contribution < 1.29 is 9.53 Å². The molecule has 2 rings (SSSR count). The average molecular weight is 193 g/mol. The maximum atomic E-state index is 10.4. The summed E-state index contributed by atoms with van der Waals surface area (Å²) in [7, 11) is 0. The Morgan fingerprint density at radius 2 is 1.86 bits per heavy atom. The van der Waals surface area contributed by atoms with Crippen LogP contribution in [0, 0.1) is 29.6 Å². The van der Waals surface area contributed by atoms with Crippen molar-refractivity contribution in [2.75, 3.05) is 6.61 Å². The van der Waals surface area contributed by atoms with Gasteiger partial charge in [-0.25, -0.2) is 4.79 Å². The number of hydrogen-bond acceptors (Lipinski definition) is 2. The van der Waals surface area contributed by atoms with E-state index in [1.54, 1.807) is 0 Å². The SMILES string of the molecule is NC(=O)OC[C@@H]1C2CCC#CCC[C@@H]21. The minimum atomic E-state index is -0.652. The van der Waals surface area contributed by atoms with Crippen LogP contribution in [0.25, 0.3) is 0 Å². The number of fused-ring (bicyclic) bond motifs is 1. The molecule has 0 bridgehead atoms. The molecule has 14 heavy (non-hydrogen) atoms. The first kappa shape index (κ1) is 9.39. The molecule has 0 spiro atoms. The summed E-state index contributed by atoms with van der Waals surface area (Å²) in [5.74, 6) is 8.29. The van der Waals surface area contributed by atoms with Crippen LogP contribution in [0.1, 0.15) is 25.7 Å². The fourth-order valence-corrected chi connectivity index (χ4v) is 2.46. The second-order valence-electron chi connectivity index (χ2n) is 4.05. The van der Waals surface area contributed by atoms with Crippen LogP contribution in [0.4, 0.5) is 4.79 Å². The van der Waals surface area contributed by atoms with Gasteiger partial charge in [-0.3, -0.25) is 0 Å². The Morgan fingerprint density at radius 3 is 2.36 bits per heavy atom. The molecule has 0 radical (unpaired) electrons. The maximum absolute atomic E-state index is 10.4. The van der Waals surface area contributed by atoms with Crippen LogP contribution < -0.4 is 5.73 Å². The van der Waals surface area contributed by atoms with Gasteiger partial charge < -0.3 is 10.5 Å². The Balaban J connectivity index is 1.79. The summed E-state index contributed by atoms with van der Waals surface area (Å²) in [6.45, 7) is 0.505. The summed E-state index contributed by atoms with van der Waals surface area (Å²) in [4.78, 5) is 10.4. The highest BCUT2D eigenvalue weighted by molar-refractivity contribution is 5.64. The van der Waals surface area contributed by atoms with Crippen LogP contribution in [0.2, 0.25) is 0 Å². The van der Waals surface area contributed by atoms with Crippen molar-refractivity contribution in [3.05, 3.63) is 0 Å². The van der Waals surface area contributed by atoms with Crippen LogP contribution in [0.3, 0.4) is 0 Å².